The first kappa shape index (κ1) is 13.5. The fourth-order valence-electron chi connectivity index (χ4n) is 2.97. The average Bonchev–Trinajstić information content (AvgIpc) is 2.39. The number of ether oxygens (including phenoxy) is 1. The van der Waals surface area contributed by atoms with E-state index >= 15 is 0 Å². The second-order valence-corrected chi connectivity index (χ2v) is 5.24. The van der Waals surface area contributed by atoms with Crippen LogP contribution >= 0.6 is 0 Å². The first-order chi connectivity index (χ1) is 8.63. The van der Waals surface area contributed by atoms with Crippen LogP contribution in [0.3, 0.4) is 0 Å². The molecule has 2 rings (SSSR count). The van der Waals surface area contributed by atoms with Crippen LogP contribution in [0.25, 0.3) is 0 Å². The quantitative estimate of drug-likeness (QED) is 0.768. The van der Waals surface area contributed by atoms with Gasteiger partial charge in [0.2, 0.25) is 0 Å². The molecule has 0 radical (unpaired) electrons. The fourth-order valence-corrected chi connectivity index (χ4v) is 2.97. The standard InChI is InChI=1S/C13H21N3O2/c1-9-12(10(2)17)7-11(8-14)13(15-9)16-3-5-18-6-4-16/h9,11-13,15H,3-7H2,1-2H3. The third-order valence-electron chi connectivity index (χ3n) is 4.05. The number of carbonyl (C=O) groups excluding carboxylic acids is 1. The van der Waals surface area contributed by atoms with Gasteiger partial charge in [0.15, 0.2) is 0 Å². The van der Waals surface area contributed by atoms with Crippen LogP contribution in [0.5, 0.6) is 0 Å². The normalized spacial score (nSPS) is 38.1. The van der Waals surface area contributed by atoms with E-state index in [9.17, 15) is 10.1 Å². The molecule has 2 fully saturated rings. The van der Waals surface area contributed by atoms with Gasteiger partial charge in [0.25, 0.3) is 0 Å². The number of nitrogens with zero attached hydrogens (tertiary/aromatic N) is 2. The number of morpholine rings is 1. The molecular weight excluding hydrogens is 230 g/mol. The minimum absolute atomic E-state index is 0.0352. The van der Waals surface area contributed by atoms with Gasteiger partial charge in [-0.05, 0) is 20.3 Å². The second kappa shape index (κ2) is 5.79. The predicted molar refractivity (Wildman–Crippen MR) is 66.7 cm³/mol. The molecule has 4 unspecified atom stereocenters. The zero-order valence-electron chi connectivity index (χ0n) is 11.1. The van der Waals surface area contributed by atoms with E-state index < -0.39 is 0 Å². The van der Waals surface area contributed by atoms with Crippen molar-refractivity contribution in [2.75, 3.05) is 26.3 Å². The van der Waals surface area contributed by atoms with Gasteiger partial charge in [-0.3, -0.25) is 15.0 Å². The number of hydrogen-bond acceptors (Lipinski definition) is 5. The molecule has 0 aliphatic carbocycles. The molecule has 0 aromatic carbocycles. The molecule has 0 bridgehead atoms. The third kappa shape index (κ3) is 2.72. The number of ketones is 1. The van der Waals surface area contributed by atoms with Gasteiger partial charge in [0.1, 0.15) is 5.78 Å². The van der Waals surface area contributed by atoms with Gasteiger partial charge < -0.3 is 4.74 Å². The molecule has 0 aromatic heterocycles. The minimum Gasteiger partial charge on any atom is -0.379 e. The highest BCUT2D eigenvalue weighted by molar-refractivity contribution is 5.79. The Morgan fingerprint density at radius 3 is 2.67 bits per heavy atom. The Morgan fingerprint density at radius 1 is 1.44 bits per heavy atom. The Kier molecular flexibility index (Phi) is 4.33. The van der Waals surface area contributed by atoms with E-state index in [1.807, 2.05) is 6.92 Å². The molecule has 5 heteroatoms. The van der Waals surface area contributed by atoms with Gasteiger partial charge in [-0.1, -0.05) is 0 Å². The van der Waals surface area contributed by atoms with E-state index in [4.69, 9.17) is 4.74 Å². The van der Waals surface area contributed by atoms with Crippen LogP contribution < -0.4 is 5.32 Å². The summed E-state index contributed by atoms with van der Waals surface area (Å²) < 4.78 is 5.34. The summed E-state index contributed by atoms with van der Waals surface area (Å²) in [6, 6.07) is 2.50. The highest BCUT2D eigenvalue weighted by Crippen LogP contribution is 2.27. The maximum atomic E-state index is 11.6. The summed E-state index contributed by atoms with van der Waals surface area (Å²) in [4.78, 5) is 13.8. The molecule has 0 aromatic rings. The number of rotatable bonds is 2. The molecule has 18 heavy (non-hydrogen) atoms. The summed E-state index contributed by atoms with van der Waals surface area (Å²) in [5.74, 6) is 0.0239. The first-order valence-corrected chi connectivity index (χ1v) is 6.61. The van der Waals surface area contributed by atoms with Crippen molar-refractivity contribution < 1.29 is 9.53 Å². The van der Waals surface area contributed by atoms with Crippen LogP contribution in [0, 0.1) is 23.2 Å². The topological polar surface area (TPSA) is 65.4 Å². The van der Waals surface area contributed by atoms with E-state index in [1.165, 1.54) is 0 Å². The lowest BCUT2D eigenvalue weighted by Crippen LogP contribution is -2.61. The molecule has 0 spiro atoms. The van der Waals surface area contributed by atoms with Crippen LogP contribution in [0.1, 0.15) is 20.3 Å². The Labute approximate surface area is 108 Å². The Hall–Kier alpha value is -0.960. The van der Waals surface area contributed by atoms with Gasteiger partial charge in [-0.2, -0.15) is 5.26 Å². The van der Waals surface area contributed by atoms with E-state index in [-0.39, 0.29) is 29.8 Å². The Morgan fingerprint density at radius 2 is 2.11 bits per heavy atom. The lowest BCUT2D eigenvalue weighted by atomic mass is 9.81. The fraction of sp³-hybridized carbons (Fsp3) is 0.846. The summed E-state index contributed by atoms with van der Waals surface area (Å²) in [5.41, 5.74) is 0. The number of nitriles is 1. The molecular formula is C13H21N3O2. The number of piperidine rings is 1. The summed E-state index contributed by atoms with van der Waals surface area (Å²) in [7, 11) is 0. The monoisotopic (exact) mass is 251 g/mol. The number of Topliss-reactive ketones (excluding diaryl/α,β-unsaturated/α-hetero) is 1. The van der Waals surface area contributed by atoms with Crippen LogP contribution in [-0.4, -0.2) is 49.2 Å². The van der Waals surface area contributed by atoms with Crippen molar-refractivity contribution >= 4 is 5.78 Å². The number of hydrogen-bond donors (Lipinski definition) is 1. The van der Waals surface area contributed by atoms with Crippen LogP contribution in [0.4, 0.5) is 0 Å². The zero-order chi connectivity index (χ0) is 13.1. The van der Waals surface area contributed by atoms with Crippen molar-refractivity contribution in [1.82, 2.24) is 10.2 Å². The van der Waals surface area contributed by atoms with E-state index in [0.717, 1.165) is 26.3 Å². The van der Waals surface area contributed by atoms with Crippen molar-refractivity contribution in [3.8, 4) is 6.07 Å². The molecule has 2 heterocycles. The van der Waals surface area contributed by atoms with Crippen molar-refractivity contribution in [3.05, 3.63) is 0 Å². The molecule has 0 amide bonds. The number of carbonyl (C=O) groups is 1. The lowest BCUT2D eigenvalue weighted by Gasteiger charge is -2.44. The SMILES string of the molecule is CC(=O)C1CC(C#N)C(N2CCOCC2)NC1C. The van der Waals surface area contributed by atoms with Crippen molar-refractivity contribution in [3.63, 3.8) is 0 Å². The maximum absolute atomic E-state index is 11.6. The van der Waals surface area contributed by atoms with Gasteiger partial charge in [0.05, 0.1) is 31.4 Å². The van der Waals surface area contributed by atoms with Crippen LogP contribution in [0.2, 0.25) is 0 Å². The van der Waals surface area contributed by atoms with E-state index in [2.05, 4.69) is 16.3 Å². The highest BCUT2D eigenvalue weighted by atomic mass is 16.5. The maximum Gasteiger partial charge on any atom is 0.134 e. The van der Waals surface area contributed by atoms with Crippen molar-refractivity contribution in [2.45, 2.75) is 32.5 Å². The molecule has 0 saturated carbocycles. The smallest absolute Gasteiger partial charge is 0.134 e. The summed E-state index contributed by atoms with van der Waals surface area (Å²) in [6.45, 7) is 6.81. The zero-order valence-corrected chi connectivity index (χ0v) is 11.1. The third-order valence-corrected chi connectivity index (χ3v) is 4.05. The van der Waals surface area contributed by atoms with Crippen molar-refractivity contribution in [1.29, 1.82) is 5.26 Å². The molecule has 1 N–H and O–H groups in total. The second-order valence-electron chi connectivity index (χ2n) is 5.24. The van der Waals surface area contributed by atoms with Gasteiger partial charge in [-0.25, -0.2) is 0 Å². The van der Waals surface area contributed by atoms with Gasteiger partial charge in [0, 0.05) is 25.0 Å². The Bertz CT molecular complexity index is 347. The summed E-state index contributed by atoms with van der Waals surface area (Å²) in [5, 5.41) is 12.8. The van der Waals surface area contributed by atoms with Crippen molar-refractivity contribution in [2.24, 2.45) is 11.8 Å². The van der Waals surface area contributed by atoms with E-state index in [0.29, 0.717) is 6.42 Å². The largest absolute Gasteiger partial charge is 0.379 e. The minimum atomic E-state index is -0.117. The molecule has 5 nitrogen and oxygen atoms in total. The van der Waals surface area contributed by atoms with Crippen LogP contribution in [0.15, 0.2) is 0 Å². The first-order valence-electron chi connectivity index (χ1n) is 6.61. The molecule has 2 aliphatic rings. The highest BCUT2D eigenvalue weighted by Gasteiger charge is 2.39. The number of nitrogens with one attached hydrogen (secondary N) is 1. The Balaban J connectivity index is 2.07. The molecule has 2 saturated heterocycles. The predicted octanol–water partition coefficient (Wildman–Crippen LogP) is 0.371. The summed E-state index contributed by atoms with van der Waals surface area (Å²) >= 11 is 0. The van der Waals surface area contributed by atoms with Crippen LogP contribution in [-0.2, 0) is 9.53 Å². The van der Waals surface area contributed by atoms with Gasteiger partial charge >= 0.3 is 0 Å². The molecule has 4 atom stereocenters. The molecule has 100 valence electrons. The molecule has 2 aliphatic heterocycles. The summed E-state index contributed by atoms with van der Waals surface area (Å²) in [6.07, 6.45) is 0.728. The van der Waals surface area contributed by atoms with E-state index in [1.54, 1.807) is 6.92 Å². The average molecular weight is 251 g/mol. The van der Waals surface area contributed by atoms with Gasteiger partial charge in [-0.15, -0.1) is 0 Å². The lowest BCUT2D eigenvalue weighted by molar-refractivity contribution is -0.124.